The van der Waals surface area contributed by atoms with Crippen LogP contribution in [0.4, 0.5) is 0 Å². The smallest absolute Gasteiger partial charge is 0.327 e. The number of rotatable bonds is 7. The van der Waals surface area contributed by atoms with Gasteiger partial charge in [-0.2, -0.15) is 11.8 Å². The summed E-state index contributed by atoms with van der Waals surface area (Å²) in [5.74, 6) is 0.415. The van der Waals surface area contributed by atoms with Crippen LogP contribution in [0.25, 0.3) is 5.78 Å². The summed E-state index contributed by atoms with van der Waals surface area (Å²) < 4.78 is 1.80. The van der Waals surface area contributed by atoms with Gasteiger partial charge >= 0.3 is 5.97 Å². The summed E-state index contributed by atoms with van der Waals surface area (Å²) in [7, 11) is 0. The van der Waals surface area contributed by atoms with Gasteiger partial charge in [0.25, 0.3) is 0 Å². The number of imidazole rings is 1. The summed E-state index contributed by atoms with van der Waals surface area (Å²) in [5.41, 5.74) is 0.818. The van der Waals surface area contributed by atoms with Gasteiger partial charge in [-0.25, -0.2) is 14.8 Å². The van der Waals surface area contributed by atoms with Gasteiger partial charge in [0.2, 0.25) is 12.2 Å². The summed E-state index contributed by atoms with van der Waals surface area (Å²) >= 11 is 1.39. The highest BCUT2D eigenvalue weighted by atomic mass is 32.2. The highest BCUT2D eigenvalue weighted by Gasteiger charge is 2.16. The summed E-state index contributed by atoms with van der Waals surface area (Å²) in [4.78, 5) is 29.5. The summed E-state index contributed by atoms with van der Waals surface area (Å²) in [5, 5.41) is 11.1. The first-order valence-corrected chi connectivity index (χ1v) is 6.65. The average Bonchev–Trinajstić information content (AvgIpc) is 2.80. The molecule has 2 aromatic rings. The van der Waals surface area contributed by atoms with Gasteiger partial charge in [0, 0.05) is 30.1 Å². The van der Waals surface area contributed by atoms with Crippen LogP contribution in [0.5, 0.6) is 0 Å². The molecule has 0 spiro atoms. The first kappa shape index (κ1) is 13.3. The van der Waals surface area contributed by atoms with Crippen molar-refractivity contribution in [3.63, 3.8) is 0 Å². The number of carbonyl (C=O) groups is 2. The molecule has 8 heteroatoms. The molecule has 0 saturated carbocycles. The number of aliphatic carboxylic acids is 1. The molecular weight excluding hydrogens is 268 g/mol. The van der Waals surface area contributed by atoms with Crippen LogP contribution in [-0.4, -0.2) is 43.6 Å². The number of fused-ring (bicyclic) bond motifs is 1. The second-order valence-electron chi connectivity index (χ2n) is 3.75. The van der Waals surface area contributed by atoms with Crippen molar-refractivity contribution in [1.82, 2.24) is 19.7 Å². The lowest BCUT2D eigenvalue weighted by molar-refractivity contribution is -0.139. The second-order valence-corrected chi connectivity index (χ2v) is 4.78. The third-order valence-corrected chi connectivity index (χ3v) is 3.46. The van der Waals surface area contributed by atoms with E-state index in [0.717, 1.165) is 5.69 Å². The van der Waals surface area contributed by atoms with E-state index in [1.54, 1.807) is 16.7 Å². The molecule has 0 aromatic carbocycles. The van der Waals surface area contributed by atoms with Gasteiger partial charge < -0.3 is 10.4 Å². The molecule has 0 aliphatic rings. The summed E-state index contributed by atoms with van der Waals surface area (Å²) in [6, 6.07) is 0.928. The number of nitrogens with zero attached hydrogens (tertiary/aromatic N) is 3. The van der Waals surface area contributed by atoms with Crippen LogP contribution in [-0.2, 0) is 15.3 Å². The van der Waals surface area contributed by atoms with E-state index < -0.39 is 12.0 Å². The minimum Gasteiger partial charge on any atom is -0.480 e. The van der Waals surface area contributed by atoms with Crippen LogP contribution in [0.1, 0.15) is 5.69 Å². The van der Waals surface area contributed by atoms with Crippen LogP contribution >= 0.6 is 11.8 Å². The first-order valence-electron chi connectivity index (χ1n) is 5.49. The van der Waals surface area contributed by atoms with Crippen molar-refractivity contribution in [2.75, 3.05) is 5.75 Å². The Balaban J connectivity index is 1.91. The lowest BCUT2D eigenvalue weighted by Gasteiger charge is -2.09. The van der Waals surface area contributed by atoms with Crippen LogP contribution < -0.4 is 5.32 Å². The molecule has 2 heterocycles. The molecule has 1 unspecified atom stereocenters. The largest absolute Gasteiger partial charge is 0.480 e. The molecule has 100 valence electrons. The fourth-order valence-electron chi connectivity index (χ4n) is 1.50. The maximum Gasteiger partial charge on any atom is 0.327 e. The quantitative estimate of drug-likeness (QED) is 0.701. The van der Waals surface area contributed by atoms with Crippen molar-refractivity contribution >= 4 is 29.9 Å². The SMILES string of the molecule is O=CNC(CSCc1cn2cccnc2n1)C(=O)O. The third kappa shape index (κ3) is 3.44. The van der Waals surface area contributed by atoms with E-state index in [2.05, 4.69) is 15.3 Å². The van der Waals surface area contributed by atoms with E-state index in [1.807, 2.05) is 12.4 Å². The van der Waals surface area contributed by atoms with Gasteiger partial charge in [0.05, 0.1) is 5.69 Å². The normalized spacial score (nSPS) is 12.2. The predicted octanol–water partition coefficient (Wildman–Crippen LogP) is 0.162. The van der Waals surface area contributed by atoms with Crippen molar-refractivity contribution in [2.45, 2.75) is 11.8 Å². The molecule has 7 nitrogen and oxygen atoms in total. The molecule has 0 radical (unpaired) electrons. The third-order valence-electron chi connectivity index (χ3n) is 2.39. The number of hydrogen-bond acceptors (Lipinski definition) is 5. The topological polar surface area (TPSA) is 96.6 Å². The monoisotopic (exact) mass is 280 g/mol. The highest BCUT2D eigenvalue weighted by Crippen LogP contribution is 2.13. The number of carbonyl (C=O) groups excluding carboxylic acids is 1. The van der Waals surface area contributed by atoms with Gasteiger partial charge in [-0.3, -0.25) is 9.20 Å². The van der Waals surface area contributed by atoms with Crippen LogP contribution in [0.2, 0.25) is 0 Å². The zero-order chi connectivity index (χ0) is 13.7. The maximum atomic E-state index is 10.8. The van der Waals surface area contributed by atoms with Gasteiger partial charge in [-0.1, -0.05) is 0 Å². The number of thioether (sulfide) groups is 1. The zero-order valence-electron chi connectivity index (χ0n) is 9.89. The molecule has 0 bridgehead atoms. The van der Waals surface area contributed by atoms with Crippen molar-refractivity contribution in [3.05, 3.63) is 30.4 Å². The molecule has 0 aliphatic carbocycles. The molecule has 0 fully saturated rings. The van der Waals surface area contributed by atoms with Gasteiger partial charge in [0.1, 0.15) is 6.04 Å². The van der Waals surface area contributed by atoms with Crippen molar-refractivity contribution in [1.29, 1.82) is 0 Å². The Kier molecular flexibility index (Phi) is 4.35. The standard InChI is InChI=1S/C11H12N4O3S/c16-7-13-9(10(17)18)6-19-5-8-4-15-3-1-2-12-11(15)14-8/h1-4,7,9H,5-6H2,(H,13,16)(H,17,18). The van der Waals surface area contributed by atoms with E-state index in [-0.39, 0.29) is 5.75 Å². The average molecular weight is 280 g/mol. The molecule has 0 saturated heterocycles. The van der Waals surface area contributed by atoms with Crippen LogP contribution in [0, 0.1) is 0 Å². The Morgan fingerprint density at radius 1 is 1.63 bits per heavy atom. The van der Waals surface area contributed by atoms with Gasteiger partial charge in [0.15, 0.2) is 0 Å². The fourth-order valence-corrected chi connectivity index (χ4v) is 2.44. The van der Waals surface area contributed by atoms with E-state index in [9.17, 15) is 9.59 Å². The molecule has 1 atom stereocenters. The van der Waals surface area contributed by atoms with Gasteiger partial charge in [-0.15, -0.1) is 0 Å². The molecule has 2 aromatic heterocycles. The predicted molar refractivity (Wildman–Crippen MR) is 69.8 cm³/mol. The lowest BCUT2D eigenvalue weighted by atomic mass is 10.3. The molecular formula is C11H12N4O3S. The van der Waals surface area contributed by atoms with Crippen molar-refractivity contribution in [3.8, 4) is 0 Å². The van der Waals surface area contributed by atoms with Gasteiger partial charge in [-0.05, 0) is 6.07 Å². The summed E-state index contributed by atoms with van der Waals surface area (Å²) in [6.07, 6.45) is 5.75. The Morgan fingerprint density at radius 2 is 2.47 bits per heavy atom. The minimum atomic E-state index is -1.05. The maximum absolute atomic E-state index is 10.8. The fraction of sp³-hybridized carbons (Fsp3) is 0.273. The Morgan fingerprint density at radius 3 is 3.16 bits per heavy atom. The van der Waals surface area contributed by atoms with Crippen LogP contribution in [0.15, 0.2) is 24.7 Å². The zero-order valence-corrected chi connectivity index (χ0v) is 10.7. The molecule has 2 N–H and O–H groups in total. The second kappa shape index (κ2) is 6.19. The summed E-state index contributed by atoms with van der Waals surface area (Å²) in [6.45, 7) is 0. The highest BCUT2D eigenvalue weighted by molar-refractivity contribution is 7.98. The number of amides is 1. The lowest BCUT2D eigenvalue weighted by Crippen LogP contribution is -2.37. The molecule has 2 rings (SSSR count). The number of aromatic nitrogens is 3. The van der Waals surface area contributed by atoms with E-state index in [4.69, 9.17) is 5.11 Å². The number of hydrogen-bond donors (Lipinski definition) is 2. The first-order chi connectivity index (χ1) is 9.20. The number of carboxylic acids is 1. The number of nitrogens with one attached hydrogen (secondary N) is 1. The minimum absolute atomic E-state index is 0.287. The Hall–Kier alpha value is -2.09. The number of carboxylic acid groups (broad SMARTS) is 1. The van der Waals surface area contributed by atoms with E-state index in [1.165, 1.54) is 11.8 Å². The Labute approximate surface area is 113 Å². The van der Waals surface area contributed by atoms with E-state index in [0.29, 0.717) is 17.9 Å². The molecule has 1 amide bonds. The van der Waals surface area contributed by atoms with Crippen LogP contribution in [0.3, 0.4) is 0 Å². The molecule has 0 aliphatic heterocycles. The van der Waals surface area contributed by atoms with E-state index >= 15 is 0 Å². The van der Waals surface area contributed by atoms with Crippen molar-refractivity contribution in [2.24, 2.45) is 0 Å². The van der Waals surface area contributed by atoms with Crippen molar-refractivity contribution < 1.29 is 14.7 Å². The Bertz CT molecular complexity index is 553. The molecule has 19 heavy (non-hydrogen) atoms.